The molecule has 1 fully saturated rings. The van der Waals surface area contributed by atoms with Crippen LogP contribution in [0.4, 0.5) is 5.69 Å². The van der Waals surface area contributed by atoms with E-state index in [9.17, 15) is 9.59 Å². The van der Waals surface area contributed by atoms with Crippen LogP contribution < -0.4 is 10.2 Å². The number of carbonyl (C=O) groups excluding carboxylic acids is 2. The number of carbonyl (C=O) groups is 2. The van der Waals surface area contributed by atoms with Gasteiger partial charge in [-0.2, -0.15) is 0 Å². The Bertz CT molecular complexity index is 550. The predicted molar refractivity (Wildman–Crippen MR) is 82.9 cm³/mol. The number of anilines is 1. The molecule has 0 bridgehead atoms. The highest BCUT2D eigenvalue weighted by atomic mass is 79.9. The minimum Gasteiger partial charge on any atom is -0.342 e. The lowest BCUT2D eigenvalue weighted by Crippen LogP contribution is -2.60. The van der Waals surface area contributed by atoms with E-state index in [0.29, 0.717) is 10.7 Å². The molecule has 4 nitrogen and oxygen atoms in total. The van der Waals surface area contributed by atoms with Crippen molar-refractivity contribution in [3.63, 3.8) is 0 Å². The lowest BCUT2D eigenvalue weighted by Gasteiger charge is -2.35. The van der Waals surface area contributed by atoms with E-state index >= 15 is 0 Å². The third-order valence-corrected chi connectivity index (χ3v) is 4.81. The lowest BCUT2D eigenvalue weighted by molar-refractivity contribution is -0.132. The van der Waals surface area contributed by atoms with E-state index in [1.54, 1.807) is 18.2 Å². The zero-order valence-corrected chi connectivity index (χ0v) is 13.7. The molecule has 1 heterocycles. The Morgan fingerprint density at radius 2 is 2.20 bits per heavy atom. The number of rotatable bonds is 3. The van der Waals surface area contributed by atoms with Crippen LogP contribution in [0.25, 0.3) is 0 Å². The van der Waals surface area contributed by atoms with Crippen LogP contribution in [0.2, 0.25) is 5.02 Å². The fraction of sp³-hybridized carbons (Fsp3) is 0.429. The number of nitrogens with one attached hydrogen (secondary N) is 1. The van der Waals surface area contributed by atoms with E-state index in [1.807, 2.05) is 13.8 Å². The number of amides is 2. The molecule has 2 atom stereocenters. The van der Waals surface area contributed by atoms with E-state index in [2.05, 4.69) is 21.2 Å². The van der Waals surface area contributed by atoms with Gasteiger partial charge >= 0.3 is 0 Å². The second-order valence-electron chi connectivity index (χ2n) is 4.95. The van der Waals surface area contributed by atoms with Crippen LogP contribution in [0.15, 0.2) is 22.7 Å². The van der Waals surface area contributed by atoms with E-state index in [1.165, 1.54) is 4.90 Å². The summed E-state index contributed by atoms with van der Waals surface area (Å²) in [6, 6.07) is 4.77. The van der Waals surface area contributed by atoms with Gasteiger partial charge in [-0.1, -0.05) is 31.9 Å². The largest absolute Gasteiger partial charge is 0.342 e. The van der Waals surface area contributed by atoms with Crippen molar-refractivity contribution in [2.75, 3.05) is 11.4 Å². The van der Waals surface area contributed by atoms with E-state index < -0.39 is 6.04 Å². The summed E-state index contributed by atoms with van der Waals surface area (Å²) in [5.41, 5.74) is 0.645. The second-order valence-corrected chi connectivity index (χ2v) is 6.22. The van der Waals surface area contributed by atoms with Gasteiger partial charge in [-0.25, -0.2) is 0 Å². The normalized spacial score (nSPS) is 20.8. The number of hydrogen-bond donors (Lipinski definition) is 1. The lowest BCUT2D eigenvalue weighted by atomic mass is 9.96. The van der Waals surface area contributed by atoms with Crippen LogP contribution in [-0.2, 0) is 9.59 Å². The summed E-state index contributed by atoms with van der Waals surface area (Å²) in [6.45, 7) is 3.99. The maximum atomic E-state index is 12.5. The highest BCUT2D eigenvalue weighted by molar-refractivity contribution is 9.10. The molecule has 1 N–H and O–H groups in total. The quantitative estimate of drug-likeness (QED) is 0.902. The van der Waals surface area contributed by atoms with Crippen molar-refractivity contribution in [1.82, 2.24) is 5.32 Å². The molecule has 0 aliphatic carbocycles. The molecule has 2 unspecified atom stereocenters. The fourth-order valence-electron chi connectivity index (χ4n) is 2.16. The van der Waals surface area contributed by atoms with Crippen molar-refractivity contribution in [2.24, 2.45) is 5.92 Å². The number of nitrogens with zero attached hydrogens (tertiary/aromatic N) is 1. The third-order valence-electron chi connectivity index (χ3n) is 3.58. The second kappa shape index (κ2) is 6.14. The van der Waals surface area contributed by atoms with Crippen molar-refractivity contribution in [1.29, 1.82) is 0 Å². The summed E-state index contributed by atoms with van der Waals surface area (Å²) in [5.74, 6) is -0.133. The Labute approximate surface area is 131 Å². The summed E-state index contributed by atoms with van der Waals surface area (Å²) in [5, 5.41) is 3.29. The van der Waals surface area contributed by atoms with E-state index in [4.69, 9.17) is 11.6 Å². The van der Waals surface area contributed by atoms with Crippen LogP contribution in [0.1, 0.15) is 20.3 Å². The Morgan fingerprint density at radius 1 is 1.50 bits per heavy atom. The maximum Gasteiger partial charge on any atom is 0.250 e. The first-order chi connectivity index (χ1) is 9.43. The van der Waals surface area contributed by atoms with Gasteiger partial charge in [0.2, 0.25) is 11.8 Å². The van der Waals surface area contributed by atoms with Crippen LogP contribution in [0.3, 0.4) is 0 Å². The minimum atomic E-state index is -0.469. The first kappa shape index (κ1) is 15.3. The van der Waals surface area contributed by atoms with E-state index in [0.717, 1.165) is 10.9 Å². The van der Waals surface area contributed by atoms with Crippen LogP contribution in [-0.4, -0.2) is 24.4 Å². The van der Waals surface area contributed by atoms with E-state index in [-0.39, 0.29) is 24.3 Å². The van der Waals surface area contributed by atoms with Crippen LogP contribution in [0, 0.1) is 5.92 Å². The number of halogens is 2. The smallest absolute Gasteiger partial charge is 0.250 e. The summed E-state index contributed by atoms with van der Waals surface area (Å²) in [4.78, 5) is 25.8. The maximum absolute atomic E-state index is 12.5. The number of benzene rings is 1. The highest BCUT2D eigenvalue weighted by Gasteiger charge is 2.36. The topological polar surface area (TPSA) is 49.4 Å². The van der Waals surface area contributed by atoms with Crippen LogP contribution in [0.5, 0.6) is 0 Å². The van der Waals surface area contributed by atoms with Gasteiger partial charge in [-0.3, -0.25) is 9.59 Å². The van der Waals surface area contributed by atoms with Crippen molar-refractivity contribution < 1.29 is 9.59 Å². The van der Waals surface area contributed by atoms with Gasteiger partial charge in [-0.15, -0.1) is 0 Å². The van der Waals surface area contributed by atoms with Gasteiger partial charge in [0.25, 0.3) is 0 Å². The Hall–Kier alpha value is -1.07. The molecule has 20 heavy (non-hydrogen) atoms. The van der Waals surface area contributed by atoms with Gasteiger partial charge in [-0.05, 0) is 40.0 Å². The van der Waals surface area contributed by atoms with Crippen molar-refractivity contribution in [2.45, 2.75) is 26.3 Å². The third kappa shape index (κ3) is 2.99. The molecule has 0 saturated carbocycles. The summed E-state index contributed by atoms with van der Waals surface area (Å²) >= 11 is 9.37. The molecule has 1 aliphatic heterocycles. The van der Waals surface area contributed by atoms with Gasteiger partial charge in [0.05, 0.1) is 5.02 Å². The summed E-state index contributed by atoms with van der Waals surface area (Å²) < 4.78 is 0.760. The monoisotopic (exact) mass is 358 g/mol. The molecule has 2 rings (SSSR count). The first-order valence-corrected chi connectivity index (χ1v) is 7.67. The van der Waals surface area contributed by atoms with Crippen molar-refractivity contribution >= 4 is 45.0 Å². The molecule has 1 saturated heterocycles. The zero-order chi connectivity index (χ0) is 14.9. The van der Waals surface area contributed by atoms with Crippen molar-refractivity contribution in [3.05, 3.63) is 27.7 Å². The molecular weight excluding hydrogens is 344 g/mol. The summed E-state index contributed by atoms with van der Waals surface area (Å²) in [6.07, 6.45) is 0.825. The molecule has 1 aromatic rings. The van der Waals surface area contributed by atoms with Crippen molar-refractivity contribution in [3.8, 4) is 0 Å². The minimum absolute atomic E-state index is 0.0315. The fourth-order valence-corrected chi connectivity index (χ4v) is 2.58. The SMILES string of the molecule is CCC(C)C1NC(=O)CN(c2ccc(Br)c(Cl)c2)C1=O. The molecule has 1 aliphatic rings. The molecule has 6 heteroatoms. The number of hydrogen-bond acceptors (Lipinski definition) is 2. The molecule has 0 aromatic heterocycles. The summed E-state index contributed by atoms with van der Waals surface area (Å²) in [7, 11) is 0. The molecular formula is C14H16BrClN2O2. The Balaban J connectivity index is 2.32. The standard InChI is InChI=1S/C14H16BrClN2O2/c1-3-8(2)13-14(20)18(7-12(19)17-13)9-4-5-10(15)11(16)6-9/h4-6,8,13H,3,7H2,1-2H3,(H,17,19). The molecule has 0 radical (unpaired) electrons. The molecule has 2 amide bonds. The highest BCUT2D eigenvalue weighted by Crippen LogP contribution is 2.29. The number of piperazine rings is 1. The Kier molecular flexibility index (Phi) is 4.70. The molecule has 1 aromatic carbocycles. The average molecular weight is 360 g/mol. The molecule has 108 valence electrons. The van der Waals surface area contributed by atoms with Gasteiger partial charge in [0, 0.05) is 10.2 Å². The Morgan fingerprint density at radius 3 is 2.80 bits per heavy atom. The van der Waals surface area contributed by atoms with Gasteiger partial charge in [0.1, 0.15) is 12.6 Å². The first-order valence-electron chi connectivity index (χ1n) is 6.49. The van der Waals surface area contributed by atoms with Gasteiger partial charge < -0.3 is 10.2 Å². The average Bonchev–Trinajstić information content (AvgIpc) is 2.43. The zero-order valence-electron chi connectivity index (χ0n) is 11.3. The van der Waals surface area contributed by atoms with Gasteiger partial charge in [0.15, 0.2) is 0 Å². The molecule has 0 spiro atoms. The predicted octanol–water partition coefficient (Wildman–Crippen LogP) is 2.98. The van der Waals surface area contributed by atoms with Crippen LogP contribution >= 0.6 is 27.5 Å².